The smallest absolute Gasteiger partial charge is 0.127 e. The minimum Gasteiger partial charge on any atom is -0.489 e. The van der Waals surface area contributed by atoms with Crippen molar-refractivity contribution >= 4 is 5.76 Å². The Labute approximate surface area is 104 Å². The van der Waals surface area contributed by atoms with Crippen LogP contribution in [0.25, 0.3) is 5.76 Å². The zero-order valence-corrected chi connectivity index (χ0v) is 10.9. The second kappa shape index (κ2) is 4.79. The molecule has 1 heterocycles. The van der Waals surface area contributed by atoms with Gasteiger partial charge in [-0.05, 0) is 29.6 Å². The van der Waals surface area contributed by atoms with E-state index in [2.05, 4.69) is 51.1 Å². The Kier molecular flexibility index (Phi) is 3.37. The summed E-state index contributed by atoms with van der Waals surface area (Å²) in [5, 5.41) is 0. The van der Waals surface area contributed by atoms with E-state index in [0.717, 1.165) is 12.2 Å². The largest absolute Gasteiger partial charge is 0.489 e. The van der Waals surface area contributed by atoms with Crippen LogP contribution in [-0.2, 0) is 10.2 Å². The third kappa shape index (κ3) is 2.44. The molecule has 0 unspecified atom stereocenters. The maximum absolute atomic E-state index is 5.72. The molecule has 0 saturated carbocycles. The normalized spacial score (nSPS) is 15.4. The van der Waals surface area contributed by atoms with Gasteiger partial charge in [0.15, 0.2) is 0 Å². The Morgan fingerprint density at radius 3 is 2.65 bits per heavy atom. The lowest BCUT2D eigenvalue weighted by Gasteiger charge is -2.27. The molecule has 0 N–H and O–H groups in total. The highest BCUT2D eigenvalue weighted by Crippen LogP contribution is 2.33. The molecule has 90 valence electrons. The van der Waals surface area contributed by atoms with Gasteiger partial charge >= 0.3 is 0 Å². The van der Waals surface area contributed by atoms with Crippen molar-refractivity contribution in [2.75, 3.05) is 6.61 Å². The summed E-state index contributed by atoms with van der Waals surface area (Å²) in [6, 6.07) is 8.54. The van der Waals surface area contributed by atoms with Gasteiger partial charge in [0, 0.05) is 5.56 Å². The van der Waals surface area contributed by atoms with Crippen LogP contribution in [0.4, 0.5) is 0 Å². The van der Waals surface area contributed by atoms with E-state index in [9.17, 15) is 0 Å². The summed E-state index contributed by atoms with van der Waals surface area (Å²) in [5.74, 6) is 0.990. The Bertz CT molecular complexity index is 452. The van der Waals surface area contributed by atoms with Gasteiger partial charge < -0.3 is 4.74 Å². The molecule has 0 bridgehead atoms. The Morgan fingerprint density at radius 1 is 1.24 bits per heavy atom. The fourth-order valence-electron chi connectivity index (χ4n) is 2.04. The maximum Gasteiger partial charge on any atom is 0.127 e. The number of rotatable bonds is 3. The van der Waals surface area contributed by atoms with E-state index < -0.39 is 0 Å². The van der Waals surface area contributed by atoms with Gasteiger partial charge in [-0.1, -0.05) is 51.1 Å². The lowest BCUT2D eigenvalue weighted by Crippen LogP contribution is -2.18. The third-order valence-electron chi connectivity index (χ3n) is 3.52. The summed E-state index contributed by atoms with van der Waals surface area (Å²) in [4.78, 5) is 0. The minimum absolute atomic E-state index is 0.182. The molecule has 0 saturated heterocycles. The number of benzene rings is 1. The van der Waals surface area contributed by atoms with E-state index >= 15 is 0 Å². The first-order valence-corrected chi connectivity index (χ1v) is 6.24. The highest BCUT2D eigenvalue weighted by atomic mass is 16.5. The van der Waals surface area contributed by atoms with Gasteiger partial charge in [-0.25, -0.2) is 0 Å². The quantitative estimate of drug-likeness (QED) is 0.749. The molecule has 0 fully saturated rings. The van der Waals surface area contributed by atoms with Gasteiger partial charge in [-0.2, -0.15) is 0 Å². The van der Waals surface area contributed by atoms with Crippen LogP contribution in [0.1, 0.15) is 38.3 Å². The van der Waals surface area contributed by atoms with E-state index in [1.807, 2.05) is 12.2 Å². The lowest BCUT2D eigenvalue weighted by molar-refractivity contribution is 0.314. The van der Waals surface area contributed by atoms with Crippen LogP contribution in [0.5, 0.6) is 0 Å². The monoisotopic (exact) mass is 228 g/mol. The third-order valence-corrected chi connectivity index (χ3v) is 3.52. The molecule has 0 spiro atoms. The van der Waals surface area contributed by atoms with Gasteiger partial charge in [0.05, 0.1) is 0 Å². The zero-order chi connectivity index (χ0) is 12.3. The second-order valence-corrected chi connectivity index (χ2v) is 5.05. The molecule has 2 rings (SSSR count). The standard InChI is InChI=1S/C16H20O/c1-4-16(2,3)14-10-6-5-9-13(14)15-11-7-8-12-17-15/h5-11H,4,12H2,1-3H3. The molecule has 1 aromatic rings. The topological polar surface area (TPSA) is 9.23 Å². The van der Waals surface area contributed by atoms with Crippen molar-refractivity contribution in [3.05, 3.63) is 53.6 Å². The summed E-state index contributed by atoms with van der Waals surface area (Å²) in [6.45, 7) is 7.47. The van der Waals surface area contributed by atoms with Crippen molar-refractivity contribution in [1.82, 2.24) is 0 Å². The highest BCUT2D eigenvalue weighted by Gasteiger charge is 2.23. The minimum atomic E-state index is 0.182. The molecule has 0 aromatic heterocycles. The number of allylic oxidation sites excluding steroid dienone is 2. The van der Waals surface area contributed by atoms with Crippen LogP contribution in [0.2, 0.25) is 0 Å². The van der Waals surface area contributed by atoms with E-state index in [1.165, 1.54) is 11.1 Å². The molecule has 0 amide bonds. The van der Waals surface area contributed by atoms with Crippen LogP contribution in [0.3, 0.4) is 0 Å². The molecule has 1 aliphatic rings. The molecular weight excluding hydrogens is 208 g/mol. The van der Waals surface area contributed by atoms with Crippen molar-refractivity contribution in [3.63, 3.8) is 0 Å². The molecule has 1 aliphatic heterocycles. The summed E-state index contributed by atoms with van der Waals surface area (Å²) < 4.78 is 5.72. The van der Waals surface area contributed by atoms with E-state index in [-0.39, 0.29) is 5.41 Å². The van der Waals surface area contributed by atoms with Crippen molar-refractivity contribution in [3.8, 4) is 0 Å². The first-order chi connectivity index (χ1) is 8.15. The van der Waals surface area contributed by atoms with Gasteiger partial charge in [0.2, 0.25) is 0 Å². The average molecular weight is 228 g/mol. The highest BCUT2D eigenvalue weighted by molar-refractivity contribution is 5.66. The van der Waals surface area contributed by atoms with Gasteiger partial charge in [0.1, 0.15) is 12.4 Å². The molecule has 1 heteroatoms. The fourth-order valence-corrected chi connectivity index (χ4v) is 2.04. The SMILES string of the molecule is CCC(C)(C)c1ccccc1C1=CC=CCO1. The van der Waals surface area contributed by atoms with Crippen molar-refractivity contribution in [2.24, 2.45) is 0 Å². The predicted molar refractivity (Wildman–Crippen MR) is 72.8 cm³/mol. The molecular formula is C16H20O. The first-order valence-electron chi connectivity index (χ1n) is 6.24. The summed E-state index contributed by atoms with van der Waals surface area (Å²) in [5.41, 5.74) is 2.77. The molecule has 1 aromatic carbocycles. The Hall–Kier alpha value is -1.50. The number of ether oxygens (including phenoxy) is 1. The van der Waals surface area contributed by atoms with Gasteiger partial charge in [0.25, 0.3) is 0 Å². The van der Waals surface area contributed by atoms with E-state index in [1.54, 1.807) is 0 Å². The van der Waals surface area contributed by atoms with Crippen molar-refractivity contribution in [1.29, 1.82) is 0 Å². The zero-order valence-electron chi connectivity index (χ0n) is 10.9. The molecule has 0 aliphatic carbocycles. The van der Waals surface area contributed by atoms with E-state index in [4.69, 9.17) is 4.74 Å². The van der Waals surface area contributed by atoms with Crippen LogP contribution in [0, 0.1) is 0 Å². The lowest BCUT2D eigenvalue weighted by atomic mass is 9.79. The fraction of sp³-hybridized carbons (Fsp3) is 0.375. The van der Waals surface area contributed by atoms with Crippen molar-refractivity contribution in [2.45, 2.75) is 32.6 Å². The van der Waals surface area contributed by atoms with Crippen LogP contribution in [-0.4, -0.2) is 6.61 Å². The molecule has 1 nitrogen and oxygen atoms in total. The van der Waals surface area contributed by atoms with Gasteiger partial charge in [-0.15, -0.1) is 0 Å². The van der Waals surface area contributed by atoms with Gasteiger partial charge in [-0.3, -0.25) is 0 Å². The summed E-state index contributed by atoms with van der Waals surface area (Å²) >= 11 is 0. The molecule has 0 radical (unpaired) electrons. The van der Waals surface area contributed by atoms with Crippen LogP contribution < -0.4 is 0 Å². The Morgan fingerprint density at radius 2 is 2.00 bits per heavy atom. The Balaban J connectivity index is 2.47. The molecule has 17 heavy (non-hydrogen) atoms. The number of hydrogen-bond donors (Lipinski definition) is 0. The summed E-state index contributed by atoms with van der Waals surface area (Å²) in [7, 11) is 0. The second-order valence-electron chi connectivity index (χ2n) is 5.05. The predicted octanol–water partition coefficient (Wildman–Crippen LogP) is 4.30. The summed E-state index contributed by atoms with van der Waals surface area (Å²) in [6.07, 6.45) is 7.26. The first kappa shape index (κ1) is 12.0. The number of hydrogen-bond acceptors (Lipinski definition) is 1. The van der Waals surface area contributed by atoms with Crippen LogP contribution >= 0.6 is 0 Å². The van der Waals surface area contributed by atoms with Crippen LogP contribution in [0.15, 0.2) is 42.5 Å². The van der Waals surface area contributed by atoms with E-state index in [0.29, 0.717) is 6.61 Å². The average Bonchev–Trinajstić information content (AvgIpc) is 2.40. The molecule has 0 atom stereocenters. The maximum atomic E-state index is 5.72. The van der Waals surface area contributed by atoms with Crippen molar-refractivity contribution < 1.29 is 4.74 Å².